The summed E-state index contributed by atoms with van der Waals surface area (Å²) in [6, 6.07) is 0. The highest BCUT2D eigenvalue weighted by Crippen LogP contribution is 2.47. The van der Waals surface area contributed by atoms with Gasteiger partial charge in [-0.1, -0.05) is 6.92 Å². The molecule has 0 unspecified atom stereocenters. The number of ether oxygens (including phenoxy) is 2. The number of hydrogen-bond acceptors (Lipinski definition) is 6. The van der Waals surface area contributed by atoms with E-state index in [-0.39, 0.29) is 35.1 Å². The molecule has 1 aliphatic heterocycles. The lowest BCUT2D eigenvalue weighted by atomic mass is 9.66. The van der Waals surface area contributed by atoms with Gasteiger partial charge < -0.3 is 25.1 Å². The quantitative estimate of drug-likeness (QED) is 0.643. The summed E-state index contributed by atoms with van der Waals surface area (Å²) in [5, 5.41) is 0. The Kier molecular flexibility index (Phi) is 7.39. The van der Waals surface area contributed by atoms with Crippen molar-refractivity contribution < 1.29 is 23.9 Å². The standard InChI is InChI=1S/C24H38N4O5/c1-6-24(11-7-16(8-12-24)21(30)32-5)18-17(26-20(27-18)19(25)29)15-9-13-28(14-10-15)22(31)33-23(2,3)4/h15-16H,6-14H2,1-5H3,(H2,25,29)(H,26,27)/t16-,24-. The first-order chi connectivity index (χ1) is 15.5. The fourth-order valence-corrected chi connectivity index (χ4v) is 5.21. The Morgan fingerprint density at radius 2 is 1.76 bits per heavy atom. The number of hydrogen-bond donors (Lipinski definition) is 2. The molecule has 2 heterocycles. The summed E-state index contributed by atoms with van der Waals surface area (Å²) >= 11 is 0. The molecule has 0 atom stereocenters. The van der Waals surface area contributed by atoms with Crippen LogP contribution in [0.4, 0.5) is 4.79 Å². The highest BCUT2D eigenvalue weighted by atomic mass is 16.6. The summed E-state index contributed by atoms with van der Waals surface area (Å²) in [4.78, 5) is 46.1. The number of methoxy groups -OCH3 is 1. The maximum Gasteiger partial charge on any atom is 0.410 e. The summed E-state index contributed by atoms with van der Waals surface area (Å²) in [6.07, 6.45) is 5.12. The molecule has 0 bridgehead atoms. The molecule has 1 aromatic rings. The van der Waals surface area contributed by atoms with Crippen molar-refractivity contribution >= 4 is 18.0 Å². The van der Waals surface area contributed by atoms with Crippen LogP contribution in [0.2, 0.25) is 0 Å². The molecule has 2 amide bonds. The molecule has 1 aliphatic carbocycles. The van der Waals surface area contributed by atoms with Gasteiger partial charge in [0, 0.05) is 30.1 Å². The molecule has 1 saturated heterocycles. The topological polar surface area (TPSA) is 128 Å². The van der Waals surface area contributed by atoms with E-state index in [4.69, 9.17) is 20.2 Å². The minimum atomic E-state index is -0.580. The number of nitrogens with two attached hydrogens (primary N) is 1. The van der Waals surface area contributed by atoms with Gasteiger partial charge in [0.15, 0.2) is 5.82 Å². The predicted octanol–water partition coefficient (Wildman–Crippen LogP) is 3.63. The Morgan fingerprint density at radius 1 is 1.15 bits per heavy atom. The average molecular weight is 463 g/mol. The van der Waals surface area contributed by atoms with Crippen LogP contribution in [0.15, 0.2) is 0 Å². The number of likely N-dealkylation sites (tertiary alicyclic amines) is 1. The van der Waals surface area contributed by atoms with Gasteiger partial charge in [0.05, 0.1) is 18.7 Å². The summed E-state index contributed by atoms with van der Waals surface area (Å²) in [5.41, 5.74) is 6.68. The summed E-state index contributed by atoms with van der Waals surface area (Å²) in [5.74, 6) is -0.513. The van der Waals surface area contributed by atoms with E-state index in [1.807, 2.05) is 20.8 Å². The number of nitrogens with one attached hydrogen (secondary N) is 1. The SMILES string of the molecule is CC[C@]1(c2nc(C(N)=O)[nH]c2C2CCN(C(=O)OC(C)(C)C)CC2)CC[C@H](C(=O)OC)CC1. The van der Waals surface area contributed by atoms with Crippen LogP contribution < -0.4 is 5.73 Å². The lowest BCUT2D eigenvalue weighted by molar-refractivity contribution is -0.147. The van der Waals surface area contributed by atoms with Crippen LogP contribution >= 0.6 is 0 Å². The first kappa shape index (κ1) is 25.1. The van der Waals surface area contributed by atoms with E-state index >= 15 is 0 Å². The maximum atomic E-state index is 12.5. The molecule has 184 valence electrons. The number of esters is 1. The number of amides is 2. The van der Waals surface area contributed by atoms with Crippen molar-refractivity contribution in [1.29, 1.82) is 0 Å². The van der Waals surface area contributed by atoms with Gasteiger partial charge in [-0.3, -0.25) is 9.59 Å². The van der Waals surface area contributed by atoms with Gasteiger partial charge in [0.25, 0.3) is 5.91 Å². The van der Waals surface area contributed by atoms with Crippen molar-refractivity contribution in [2.24, 2.45) is 11.7 Å². The molecule has 1 aromatic heterocycles. The third-order valence-electron chi connectivity index (χ3n) is 7.18. The number of H-pyrrole nitrogens is 1. The number of aromatic nitrogens is 2. The molecule has 3 rings (SSSR count). The van der Waals surface area contributed by atoms with Crippen molar-refractivity contribution in [3.05, 3.63) is 17.2 Å². The second-order valence-corrected chi connectivity index (χ2v) is 10.4. The van der Waals surface area contributed by atoms with Gasteiger partial charge in [-0.2, -0.15) is 0 Å². The summed E-state index contributed by atoms with van der Waals surface area (Å²) < 4.78 is 10.5. The number of aromatic amines is 1. The number of imidazole rings is 1. The summed E-state index contributed by atoms with van der Waals surface area (Å²) in [7, 11) is 1.43. The van der Waals surface area contributed by atoms with Gasteiger partial charge in [0.1, 0.15) is 5.60 Å². The van der Waals surface area contributed by atoms with Crippen LogP contribution in [0.25, 0.3) is 0 Å². The average Bonchev–Trinajstić information content (AvgIpc) is 3.24. The minimum absolute atomic E-state index is 0.0928. The van der Waals surface area contributed by atoms with E-state index in [0.717, 1.165) is 56.3 Å². The molecule has 9 heteroatoms. The molecule has 33 heavy (non-hydrogen) atoms. The number of carbonyl (C=O) groups is 3. The zero-order valence-electron chi connectivity index (χ0n) is 20.5. The molecule has 1 saturated carbocycles. The molecular formula is C24H38N4O5. The number of piperidine rings is 1. The molecule has 9 nitrogen and oxygen atoms in total. The monoisotopic (exact) mass is 462 g/mol. The van der Waals surface area contributed by atoms with E-state index in [1.54, 1.807) is 4.90 Å². The highest BCUT2D eigenvalue weighted by Gasteiger charge is 2.43. The van der Waals surface area contributed by atoms with Crippen LogP contribution in [0.1, 0.15) is 101 Å². The third kappa shape index (κ3) is 5.50. The predicted molar refractivity (Wildman–Crippen MR) is 123 cm³/mol. The van der Waals surface area contributed by atoms with Crippen LogP contribution in [0, 0.1) is 5.92 Å². The van der Waals surface area contributed by atoms with Crippen molar-refractivity contribution in [3.63, 3.8) is 0 Å². The Balaban J connectivity index is 1.81. The van der Waals surface area contributed by atoms with Gasteiger partial charge in [0.2, 0.25) is 0 Å². The normalized spacial score (nSPS) is 24.4. The van der Waals surface area contributed by atoms with Crippen LogP contribution in [0.3, 0.4) is 0 Å². The number of nitrogens with zero attached hydrogens (tertiary/aromatic N) is 2. The largest absolute Gasteiger partial charge is 0.469 e. The van der Waals surface area contributed by atoms with E-state index in [1.165, 1.54) is 7.11 Å². The van der Waals surface area contributed by atoms with Gasteiger partial charge in [-0.25, -0.2) is 9.78 Å². The molecular weight excluding hydrogens is 424 g/mol. The Bertz CT molecular complexity index is 872. The molecule has 2 fully saturated rings. The molecule has 3 N–H and O–H groups in total. The molecule has 2 aliphatic rings. The zero-order valence-corrected chi connectivity index (χ0v) is 20.5. The second kappa shape index (κ2) is 9.73. The maximum absolute atomic E-state index is 12.5. The van der Waals surface area contributed by atoms with Crippen LogP contribution in [-0.2, 0) is 19.7 Å². The molecule has 0 spiro atoms. The zero-order chi connectivity index (χ0) is 24.4. The van der Waals surface area contributed by atoms with Gasteiger partial charge >= 0.3 is 12.1 Å². The third-order valence-corrected chi connectivity index (χ3v) is 7.18. The number of carbonyl (C=O) groups excluding carboxylic acids is 3. The van der Waals surface area contributed by atoms with Gasteiger partial charge in [-0.15, -0.1) is 0 Å². The lowest BCUT2D eigenvalue weighted by Crippen LogP contribution is -2.42. The van der Waals surface area contributed by atoms with E-state index in [0.29, 0.717) is 13.1 Å². The second-order valence-electron chi connectivity index (χ2n) is 10.4. The summed E-state index contributed by atoms with van der Waals surface area (Å²) in [6.45, 7) is 8.87. The Labute approximate surface area is 195 Å². The highest BCUT2D eigenvalue weighted by molar-refractivity contribution is 5.89. The minimum Gasteiger partial charge on any atom is -0.469 e. The first-order valence-electron chi connectivity index (χ1n) is 12.0. The fraction of sp³-hybridized carbons (Fsp3) is 0.750. The lowest BCUT2D eigenvalue weighted by Gasteiger charge is -2.40. The number of rotatable bonds is 5. The number of primary amides is 1. The smallest absolute Gasteiger partial charge is 0.410 e. The van der Waals surface area contributed by atoms with E-state index in [9.17, 15) is 14.4 Å². The van der Waals surface area contributed by atoms with Crippen molar-refractivity contribution in [3.8, 4) is 0 Å². The van der Waals surface area contributed by atoms with E-state index < -0.39 is 11.5 Å². The first-order valence-corrected chi connectivity index (χ1v) is 12.0. The Morgan fingerprint density at radius 3 is 2.24 bits per heavy atom. The van der Waals surface area contributed by atoms with E-state index in [2.05, 4.69) is 11.9 Å². The Hall–Kier alpha value is -2.58. The van der Waals surface area contributed by atoms with Gasteiger partial charge in [-0.05, 0) is 65.7 Å². The van der Waals surface area contributed by atoms with Crippen molar-refractivity contribution in [2.45, 2.75) is 89.6 Å². The molecule has 0 aromatic carbocycles. The fourth-order valence-electron chi connectivity index (χ4n) is 5.21. The molecule has 0 radical (unpaired) electrons. The van der Waals surface area contributed by atoms with Crippen molar-refractivity contribution in [1.82, 2.24) is 14.9 Å². The van der Waals surface area contributed by atoms with Crippen LogP contribution in [-0.4, -0.2) is 58.6 Å². The van der Waals surface area contributed by atoms with Crippen molar-refractivity contribution in [2.75, 3.05) is 20.2 Å². The van der Waals surface area contributed by atoms with Crippen LogP contribution in [0.5, 0.6) is 0 Å².